The van der Waals surface area contributed by atoms with E-state index in [0.29, 0.717) is 12.8 Å². The van der Waals surface area contributed by atoms with Gasteiger partial charge in [-0.2, -0.15) is 0 Å². The Kier molecular flexibility index (Phi) is 5.78. The third-order valence-corrected chi connectivity index (χ3v) is 2.67. The minimum absolute atomic E-state index is 0.179. The van der Waals surface area contributed by atoms with Crippen LogP contribution in [0, 0.1) is 5.82 Å². The van der Waals surface area contributed by atoms with Crippen LogP contribution in [-0.2, 0) is 9.53 Å². The number of halogens is 2. The number of ether oxygens (including phenoxy) is 1. The molecule has 1 aromatic carbocycles. The van der Waals surface area contributed by atoms with E-state index in [0.717, 1.165) is 12.1 Å². The summed E-state index contributed by atoms with van der Waals surface area (Å²) in [7, 11) is 1.32. The van der Waals surface area contributed by atoms with Crippen molar-refractivity contribution >= 4 is 23.4 Å². The van der Waals surface area contributed by atoms with E-state index < -0.39 is 5.82 Å². The Morgan fingerprint density at radius 1 is 1.22 bits per heavy atom. The molecule has 98 valence electrons. The number of methoxy groups -OCH3 is 1. The number of carbonyl (C=O) groups is 2. The Morgan fingerprint density at radius 3 is 2.50 bits per heavy atom. The Labute approximate surface area is 110 Å². The lowest BCUT2D eigenvalue weighted by molar-refractivity contribution is -0.140. The fraction of sp³-hybridized carbons (Fsp3) is 0.385. The third-order valence-electron chi connectivity index (χ3n) is 2.45. The molecule has 1 rings (SSSR count). The van der Waals surface area contributed by atoms with Crippen molar-refractivity contribution in [2.45, 2.75) is 25.7 Å². The minimum atomic E-state index is -0.527. The highest BCUT2D eigenvalue weighted by Gasteiger charge is 2.09. The summed E-state index contributed by atoms with van der Waals surface area (Å²) in [5, 5.41) is 0.202. The van der Waals surface area contributed by atoms with Crippen LogP contribution in [0.4, 0.5) is 4.39 Å². The van der Waals surface area contributed by atoms with Crippen LogP contribution in [0.3, 0.4) is 0 Å². The molecule has 0 saturated carbocycles. The first kappa shape index (κ1) is 14.6. The summed E-state index contributed by atoms with van der Waals surface area (Å²) in [6, 6.07) is 3.75. The summed E-state index contributed by atoms with van der Waals surface area (Å²) in [4.78, 5) is 22.6. The van der Waals surface area contributed by atoms with Crippen LogP contribution in [0.5, 0.6) is 0 Å². The predicted octanol–water partition coefficient (Wildman–Crippen LogP) is 3.40. The van der Waals surface area contributed by atoms with Crippen LogP contribution in [0.25, 0.3) is 0 Å². The fourth-order valence-corrected chi connectivity index (χ4v) is 1.74. The van der Waals surface area contributed by atoms with Crippen LogP contribution in [-0.4, -0.2) is 18.9 Å². The first-order valence-corrected chi connectivity index (χ1v) is 5.97. The monoisotopic (exact) mass is 272 g/mol. The lowest BCUT2D eigenvalue weighted by Crippen LogP contribution is -2.02. The average molecular weight is 273 g/mol. The van der Waals surface area contributed by atoms with Gasteiger partial charge in [-0.25, -0.2) is 4.39 Å². The molecule has 0 radical (unpaired) electrons. The van der Waals surface area contributed by atoms with Gasteiger partial charge in [-0.1, -0.05) is 11.6 Å². The molecule has 0 bridgehead atoms. The van der Waals surface area contributed by atoms with Gasteiger partial charge >= 0.3 is 5.97 Å². The Balaban J connectivity index is 2.43. The highest BCUT2D eigenvalue weighted by atomic mass is 35.5. The van der Waals surface area contributed by atoms with Crippen molar-refractivity contribution < 1.29 is 18.7 Å². The topological polar surface area (TPSA) is 43.4 Å². The second kappa shape index (κ2) is 7.11. The second-order valence-electron chi connectivity index (χ2n) is 3.86. The van der Waals surface area contributed by atoms with Crippen molar-refractivity contribution in [2.24, 2.45) is 0 Å². The number of hydrogen-bond acceptors (Lipinski definition) is 3. The van der Waals surface area contributed by atoms with Gasteiger partial charge in [0.1, 0.15) is 5.82 Å². The van der Waals surface area contributed by atoms with E-state index in [-0.39, 0.29) is 35.2 Å². The van der Waals surface area contributed by atoms with E-state index in [1.807, 2.05) is 0 Å². The Bertz CT molecular complexity index is 426. The van der Waals surface area contributed by atoms with Gasteiger partial charge in [0.05, 0.1) is 7.11 Å². The van der Waals surface area contributed by atoms with Crippen molar-refractivity contribution in [3.8, 4) is 0 Å². The maximum atomic E-state index is 13.0. The van der Waals surface area contributed by atoms with E-state index in [1.54, 1.807) is 0 Å². The van der Waals surface area contributed by atoms with Crippen LogP contribution in [0.2, 0.25) is 5.02 Å². The first-order valence-electron chi connectivity index (χ1n) is 5.59. The number of carbonyl (C=O) groups excluding carboxylic acids is 2. The van der Waals surface area contributed by atoms with Gasteiger partial charge in [0, 0.05) is 23.4 Å². The molecule has 18 heavy (non-hydrogen) atoms. The van der Waals surface area contributed by atoms with Crippen LogP contribution in [0.15, 0.2) is 18.2 Å². The summed E-state index contributed by atoms with van der Waals surface area (Å²) in [5.41, 5.74) is 0.262. The van der Waals surface area contributed by atoms with Gasteiger partial charge < -0.3 is 4.74 Å². The van der Waals surface area contributed by atoms with E-state index in [2.05, 4.69) is 4.74 Å². The summed E-state index contributed by atoms with van der Waals surface area (Å²) in [6.07, 6.45) is 1.67. The number of benzene rings is 1. The van der Waals surface area contributed by atoms with Crippen molar-refractivity contribution in [1.82, 2.24) is 0 Å². The number of rotatable bonds is 6. The first-order chi connectivity index (χ1) is 8.52. The molecule has 0 fully saturated rings. The molecule has 0 atom stereocenters. The maximum absolute atomic E-state index is 13.0. The van der Waals surface area contributed by atoms with Gasteiger partial charge in [0.25, 0.3) is 0 Å². The summed E-state index contributed by atoms with van der Waals surface area (Å²) in [6.45, 7) is 0. The zero-order valence-corrected chi connectivity index (χ0v) is 10.8. The predicted molar refractivity (Wildman–Crippen MR) is 66.2 cm³/mol. The molecule has 1 aromatic rings. The average Bonchev–Trinajstić information content (AvgIpc) is 2.32. The minimum Gasteiger partial charge on any atom is -0.469 e. The van der Waals surface area contributed by atoms with Crippen molar-refractivity contribution in [2.75, 3.05) is 7.11 Å². The summed E-state index contributed by atoms with van der Waals surface area (Å²) in [5.74, 6) is -1.00. The molecule has 0 saturated heterocycles. The number of hydrogen-bond donors (Lipinski definition) is 0. The van der Waals surface area contributed by atoms with E-state index in [9.17, 15) is 14.0 Å². The van der Waals surface area contributed by atoms with E-state index in [1.165, 1.54) is 13.2 Å². The standard InChI is InChI=1S/C13H14ClFO3/c1-18-13(17)5-3-2-4-12(16)9-6-10(14)8-11(15)7-9/h6-8H,2-5H2,1H3. The number of ketones is 1. The van der Waals surface area contributed by atoms with Crippen LogP contribution < -0.4 is 0 Å². The number of unbranched alkanes of at least 4 members (excludes halogenated alkanes) is 1. The molecule has 3 nitrogen and oxygen atoms in total. The molecule has 0 unspecified atom stereocenters. The zero-order chi connectivity index (χ0) is 13.5. The van der Waals surface area contributed by atoms with Gasteiger partial charge in [-0.05, 0) is 31.0 Å². The molecule has 0 aromatic heterocycles. The van der Waals surface area contributed by atoms with Gasteiger partial charge in [-0.15, -0.1) is 0 Å². The van der Waals surface area contributed by atoms with Crippen molar-refractivity contribution in [1.29, 1.82) is 0 Å². The van der Waals surface area contributed by atoms with E-state index >= 15 is 0 Å². The second-order valence-corrected chi connectivity index (χ2v) is 4.30. The van der Waals surface area contributed by atoms with Gasteiger partial charge in [-0.3, -0.25) is 9.59 Å². The lowest BCUT2D eigenvalue weighted by Gasteiger charge is -2.02. The molecule has 0 aliphatic carbocycles. The van der Waals surface area contributed by atoms with Gasteiger partial charge in [0.15, 0.2) is 5.78 Å². The maximum Gasteiger partial charge on any atom is 0.305 e. The largest absolute Gasteiger partial charge is 0.469 e. The van der Waals surface area contributed by atoms with Crippen LogP contribution in [0.1, 0.15) is 36.0 Å². The molecule has 0 heterocycles. The van der Waals surface area contributed by atoms with Crippen molar-refractivity contribution in [3.63, 3.8) is 0 Å². The molecular formula is C13H14ClFO3. The molecule has 0 N–H and O–H groups in total. The normalized spacial score (nSPS) is 10.2. The molecule has 0 aliphatic rings. The third kappa shape index (κ3) is 4.84. The number of esters is 1. The highest BCUT2D eigenvalue weighted by molar-refractivity contribution is 6.31. The highest BCUT2D eigenvalue weighted by Crippen LogP contribution is 2.16. The van der Waals surface area contributed by atoms with Gasteiger partial charge in [0.2, 0.25) is 0 Å². The van der Waals surface area contributed by atoms with Crippen LogP contribution >= 0.6 is 11.6 Å². The van der Waals surface area contributed by atoms with E-state index in [4.69, 9.17) is 11.6 Å². The quantitative estimate of drug-likeness (QED) is 0.453. The molecule has 0 spiro atoms. The lowest BCUT2D eigenvalue weighted by atomic mass is 10.0. The number of Topliss-reactive ketones (excluding diaryl/α,β-unsaturated/α-hetero) is 1. The Morgan fingerprint density at radius 2 is 1.89 bits per heavy atom. The molecule has 5 heteroatoms. The summed E-state index contributed by atoms with van der Waals surface area (Å²) < 4.78 is 17.5. The fourth-order valence-electron chi connectivity index (χ4n) is 1.52. The molecule has 0 aliphatic heterocycles. The smallest absolute Gasteiger partial charge is 0.305 e. The molecular weight excluding hydrogens is 259 g/mol. The van der Waals surface area contributed by atoms with Crippen molar-refractivity contribution in [3.05, 3.63) is 34.6 Å². The Hall–Kier alpha value is -1.42. The SMILES string of the molecule is COC(=O)CCCCC(=O)c1cc(F)cc(Cl)c1. The summed E-state index contributed by atoms with van der Waals surface area (Å²) >= 11 is 5.66. The zero-order valence-electron chi connectivity index (χ0n) is 10.0. The molecule has 0 amide bonds.